The van der Waals surface area contributed by atoms with Crippen molar-refractivity contribution in [3.63, 3.8) is 0 Å². The Morgan fingerprint density at radius 1 is 1.45 bits per heavy atom. The molecule has 0 fully saturated rings. The summed E-state index contributed by atoms with van der Waals surface area (Å²) in [6, 6.07) is 7.58. The summed E-state index contributed by atoms with van der Waals surface area (Å²) in [7, 11) is 0. The van der Waals surface area contributed by atoms with Crippen LogP contribution in [-0.4, -0.2) is 11.4 Å². The van der Waals surface area contributed by atoms with Gasteiger partial charge in [0.1, 0.15) is 5.75 Å². The van der Waals surface area contributed by atoms with E-state index in [4.69, 9.17) is 9.84 Å². The van der Waals surface area contributed by atoms with Gasteiger partial charge in [0.05, 0.1) is 0 Å². The zero-order valence-electron chi connectivity index (χ0n) is 6.74. The van der Waals surface area contributed by atoms with Crippen molar-refractivity contribution >= 4 is 0 Å². The normalized spacial score (nSPS) is 12.6. The van der Waals surface area contributed by atoms with Crippen LogP contribution in [0.3, 0.4) is 0 Å². The highest BCUT2D eigenvalue weighted by molar-refractivity contribution is 5.27. The summed E-state index contributed by atoms with van der Waals surface area (Å²) >= 11 is 0. The van der Waals surface area contributed by atoms with Crippen molar-refractivity contribution in [1.29, 1.82) is 0 Å². The molecule has 0 saturated carbocycles. The summed E-state index contributed by atoms with van der Waals surface area (Å²) in [6.07, 6.45) is -0.739. The zero-order valence-corrected chi connectivity index (χ0v) is 6.74. The molecular weight excluding hydrogens is 140 g/mol. The number of benzene rings is 1. The van der Waals surface area contributed by atoms with Gasteiger partial charge in [-0.3, -0.25) is 0 Å². The van der Waals surface area contributed by atoms with E-state index in [0.29, 0.717) is 5.75 Å². The maximum atomic E-state index is 8.87. The van der Waals surface area contributed by atoms with E-state index in [0.717, 1.165) is 5.56 Å². The number of aliphatic hydroxyl groups is 1. The van der Waals surface area contributed by atoms with E-state index < -0.39 is 6.29 Å². The minimum atomic E-state index is -0.739. The molecule has 1 aromatic rings. The molecule has 1 aromatic carbocycles. The Labute approximate surface area is 66.4 Å². The summed E-state index contributed by atoms with van der Waals surface area (Å²) in [5.41, 5.74) is 1.13. The lowest BCUT2D eigenvalue weighted by atomic mass is 10.2. The second kappa shape index (κ2) is 3.39. The van der Waals surface area contributed by atoms with E-state index in [1.807, 2.05) is 31.2 Å². The van der Waals surface area contributed by atoms with Crippen molar-refractivity contribution in [2.45, 2.75) is 20.1 Å². The molecule has 60 valence electrons. The highest BCUT2D eigenvalue weighted by Crippen LogP contribution is 2.12. The quantitative estimate of drug-likeness (QED) is 0.654. The van der Waals surface area contributed by atoms with Crippen molar-refractivity contribution in [3.05, 3.63) is 29.8 Å². The third-order valence-corrected chi connectivity index (χ3v) is 1.30. The van der Waals surface area contributed by atoms with Crippen molar-refractivity contribution in [1.82, 2.24) is 0 Å². The summed E-state index contributed by atoms with van der Waals surface area (Å²) in [4.78, 5) is 0. The van der Waals surface area contributed by atoms with Gasteiger partial charge in [0, 0.05) is 0 Å². The van der Waals surface area contributed by atoms with E-state index in [1.54, 1.807) is 6.92 Å². The molecule has 0 saturated heterocycles. The van der Waals surface area contributed by atoms with Crippen molar-refractivity contribution in [2.75, 3.05) is 0 Å². The standard InChI is InChI=1S/C9H12O2/c1-7-4-3-5-9(6-7)11-8(2)10/h3-6,8,10H,1-2H3. The van der Waals surface area contributed by atoms with Crippen LogP contribution >= 0.6 is 0 Å². The van der Waals surface area contributed by atoms with Gasteiger partial charge in [0.15, 0.2) is 6.29 Å². The molecule has 1 unspecified atom stereocenters. The summed E-state index contributed by atoms with van der Waals surface area (Å²) in [5, 5.41) is 8.87. The van der Waals surface area contributed by atoms with Crippen LogP contribution in [0.1, 0.15) is 12.5 Å². The van der Waals surface area contributed by atoms with Gasteiger partial charge in [-0.05, 0) is 31.5 Å². The van der Waals surface area contributed by atoms with Crippen LogP contribution in [0.4, 0.5) is 0 Å². The lowest BCUT2D eigenvalue weighted by molar-refractivity contribution is -0.000317. The summed E-state index contributed by atoms with van der Waals surface area (Å²) < 4.78 is 5.05. The van der Waals surface area contributed by atoms with E-state index >= 15 is 0 Å². The monoisotopic (exact) mass is 152 g/mol. The Balaban J connectivity index is 2.71. The first-order valence-electron chi connectivity index (χ1n) is 3.60. The predicted molar refractivity (Wildman–Crippen MR) is 43.5 cm³/mol. The first-order chi connectivity index (χ1) is 5.18. The minimum Gasteiger partial charge on any atom is -0.465 e. The SMILES string of the molecule is Cc1cccc(OC(C)O)c1. The predicted octanol–water partition coefficient (Wildman–Crippen LogP) is 1.71. The number of aryl methyl sites for hydroxylation is 1. The Bertz CT molecular complexity index is 231. The second-order valence-electron chi connectivity index (χ2n) is 2.53. The molecule has 0 heterocycles. The minimum absolute atomic E-state index is 0.708. The molecule has 0 aliphatic carbocycles. The molecule has 0 radical (unpaired) electrons. The average molecular weight is 152 g/mol. The van der Waals surface area contributed by atoms with E-state index in [1.165, 1.54) is 0 Å². The molecule has 1 N–H and O–H groups in total. The van der Waals surface area contributed by atoms with Crippen LogP contribution in [0.5, 0.6) is 5.75 Å². The third kappa shape index (κ3) is 2.60. The maximum Gasteiger partial charge on any atom is 0.194 e. The Hall–Kier alpha value is -1.02. The molecule has 0 spiro atoms. The van der Waals surface area contributed by atoms with Gasteiger partial charge in [0.2, 0.25) is 0 Å². The molecule has 2 heteroatoms. The first-order valence-corrected chi connectivity index (χ1v) is 3.60. The average Bonchev–Trinajstić information content (AvgIpc) is 1.85. The number of hydrogen-bond donors (Lipinski definition) is 1. The molecule has 2 nitrogen and oxygen atoms in total. The Kier molecular flexibility index (Phi) is 2.49. The van der Waals surface area contributed by atoms with Gasteiger partial charge in [-0.2, -0.15) is 0 Å². The van der Waals surface area contributed by atoms with Crippen molar-refractivity contribution in [2.24, 2.45) is 0 Å². The van der Waals surface area contributed by atoms with Gasteiger partial charge in [-0.1, -0.05) is 12.1 Å². The van der Waals surface area contributed by atoms with Crippen LogP contribution in [0.2, 0.25) is 0 Å². The van der Waals surface area contributed by atoms with Gasteiger partial charge >= 0.3 is 0 Å². The number of rotatable bonds is 2. The third-order valence-electron chi connectivity index (χ3n) is 1.30. The first kappa shape index (κ1) is 8.08. The molecule has 11 heavy (non-hydrogen) atoms. The molecule has 0 amide bonds. The largest absolute Gasteiger partial charge is 0.465 e. The van der Waals surface area contributed by atoms with Crippen LogP contribution in [0.15, 0.2) is 24.3 Å². The molecule has 1 atom stereocenters. The van der Waals surface area contributed by atoms with Gasteiger partial charge < -0.3 is 9.84 Å². The lowest BCUT2D eigenvalue weighted by Gasteiger charge is -2.08. The number of hydrogen-bond acceptors (Lipinski definition) is 2. The summed E-state index contributed by atoms with van der Waals surface area (Å²) in [5.74, 6) is 0.708. The molecule has 0 aliphatic heterocycles. The number of aliphatic hydroxyl groups excluding tert-OH is 1. The molecule has 0 aliphatic rings. The molecule has 1 rings (SSSR count). The second-order valence-corrected chi connectivity index (χ2v) is 2.53. The van der Waals surface area contributed by atoms with Crippen LogP contribution in [-0.2, 0) is 0 Å². The lowest BCUT2D eigenvalue weighted by Crippen LogP contribution is -2.09. The molecule has 0 aromatic heterocycles. The fourth-order valence-electron chi connectivity index (χ4n) is 0.886. The molecule has 0 bridgehead atoms. The van der Waals surface area contributed by atoms with Gasteiger partial charge in [-0.25, -0.2) is 0 Å². The fraction of sp³-hybridized carbons (Fsp3) is 0.333. The maximum absolute atomic E-state index is 8.87. The van der Waals surface area contributed by atoms with Gasteiger partial charge in [0.25, 0.3) is 0 Å². The molecular formula is C9H12O2. The van der Waals surface area contributed by atoms with E-state index in [9.17, 15) is 0 Å². The van der Waals surface area contributed by atoms with Crippen LogP contribution in [0.25, 0.3) is 0 Å². The van der Waals surface area contributed by atoms with Crippen LogP contribution < -0.4 is 4.74 Å². The summed E-state index contributed by atoms with van der Waals surface area (Å²) in [6.45, 7) is 3.57. The Morgan fingerprint density at radius 3 is 2.73 bits per heavy atom. The van der Waals surface area contributed by atoms with Crippen molar-refractivity contribution < 1.29 is 9.84 Å². The fourth-order valence-corrected chi connectivity index (χ4v) is 0.886. The highest BCUT2D eigenvalue weighted by Gasteiger charge is 1.96. The number of ether oxygens (including phenoxy) is 1. The highest BCUT2D eigenvalue weighted by atomic mass is 16.6. The smallest absolute Gasteiger partial charge is 0.194 e. The zero-order chi connectivity index (χ0) is 8.27. The Morgan fingerprint density at radius 2 is 2.18 bits per heavy atom. The van der Waals surface area contributed by atoms with Crippen molar-refractivity contribution in [3.8, 4) is 5.75 Å². The van der Waals surface area contributed by atoms with Gasteiger partial charge in [-0.15, -0.1) is 0 Å². The topological polar surface area (TPSA) is 29.5 Å². The van der Waals surface area contributed by atoms with Crippen LogP contribution in [0, 0.1) is 6.92 Å². The van der Waals surface area contributed by atoms with E-state index in [-0.39, 0.29) is 0 Å². The van der Waals surface area contributed by atoms with E-state index in [2.05, 4.69) is 0 Å².